The zero-order valence-electron chi connectivity index (χ0n) is 11.9. The van der Waals surface area contributed by atoms with Gasteiger partial charge >= 0.3 is 0 Å². The van der Waals surface area contributed by atoms with Crippen LogP contribution in [0.1, 0.15) is 33.6 Å². The van der Waals surface area contributed by atoms with E-state index in [-0.39, 0.29) is 0 Å². The molecule has 0 spiro atoms. The maximum Gasteiger partial charge on any atom is 0.279 e. The van der Waals surface area contributed by atoms with Crippen LogP contribution >= 0.6 is 0 Å². The molecule has 2 unspecified atom stereocenters. The molecule has 0 aliphatic carbocycles. The standard InChI is InChI=1S/C12H27N3O2S/c1-10(2)8-14-18(16,17)15-7-5-6-12(9-15)11(3)13-4/h10-14H,5-9H2,1-4H3. The van der Waals surface area contributed by atoms with Crippen LogP contribution in [0.4, 0.5) is 0 Å². The summed E-state index contributed by atoms with van der Waals surface area (Å²) in [7, 11) is -1.37. The summed E-state index contributed by atoms with van der Waals surface area (Å²) in [6.45, 7) is 7.89. The van der Waals surface area contributed by atoms with Gasteiger partial charge in [0.1, 0.15) is 0 Å². The Morgan fingerprint density at radius 1 is 1.33 bits per heavy atom. The molecule has 2 atom stereocenters. The lowest BCUT2D eigenvalue weighted by molar-refractivity contribution is 0.227. The molecule has 0 radical (unpaired) electrons. The zero-order valence-corrected chi connectivity index (χ0v) is 12.8. The lowest BCUT2D eigenvalue weighted by atomic mass is 9.93. The van der Waals surface area contributed by atoms with E-state index >= 15 is 0 Å². The van der Waals surface area contributed by atoms with Gasteiger partial charge in [-0.25, -0.2) is 4.72 Å². The highest BCUT2D eigenvalue weighted by atomic mass is 32.2. The average Bonchev–Trinajstić information content (AvgIpc) is 2.35. The topological polar surface area (TPSA) is 61.4 Å². The first kappa shape index (κ1) is 15.9. The van der Waals surface area contributed by atoms with Crippen LogP contribution in [0.15, 0.2) is 0 Å². The second-order valence-corrected chi connectivity index (χ2v) is 7.34. The third kappa shape index (κ3) is 4.50. The van der Waals surface area contributed by atoms with E-state index in [9.17, 15) is 8.42 Å². The molecule has 1 heterocycles. The molecule has 0 bridgehead atoms. The van der Waals surface area contributed by atoms with Gasteiger partial charge in [0.05, 0.1) is 0 Å². The summed E-state index contributed by atoms with van der Waals surface area (Å²) < 4.78 is 28.6. The Hall–Kier alpha value is -0.170. The maximum absolute atomic E-state index is 12.1. The molecule has 1 saturated heterocycles. The molecule has 1 rings (SSSR count). The van der Waals surface area contributed by atoms with E-state index in [0.717, 1.165) is 12.8 Å². The van der Waals surface area contributed by atoms with Crippen molar-refractivity contribution in [2.75, 3.05) is 26.7 Å². The molecular formula is C12H27N3O2S. The largest absolute Gasteiger partial charge is 0.317 e. The van der Waals surface area contributed by atoms with Gasteiger partial charge in [0, 0.05) is 25.7 Å². The average molecular weight is 277 g/mol. The van der Waals surface area contributed by atoms with Gasteiger partial charge in [-0.15, -0.1) is 0 Å². The van der Waals surface area contributed by atoms with Crippen molar-refractivity contribution in [1.29, 1.82) is 0 Å². The molecule has 18 heavy (non-hydrogen) atoms. The highest BCUT2D eigenvalue weighted by molar-refractivity contribution is 7.87. The Morgan fingerprint density at radius 2 is 2.00 bits per heavy atom. The predicted molar refractivity (Wildman–Crippen MR) is 74.6 cm³/mol. The second-order valence-electron chi connectivity index (χ2n) is 5.59. The van der Waals surface area contributed by atoms with E-state index in [4.69, 9.17) is 0 Å². The first-order valence-electron chi connectivity index (χ1n) is 6.78. The summed E-state index contributed by atoms with van der Waals surface area (Å²) in [5.41, 5.74) is 0. The molecular weight excluding hydrogens is 250 g/mol. The van der Waals surface area contributed by atoms with Crippen molar-refractivity contribution >= 4 is 10.2 Å². The Balaban J connectivity index is 2.59. The summed E-state index contributed by atoms with van der Waals surface area (Å²) in [5, 5.41) is 3.21. The van der Waals surface area contributed by atoms with Crippen molar-refractivity contribution in [1.82, 2.24) is 14.3 Å². The zero-order chi connectivity index (χ0) is 13.8. The molecule has 1 aliphatic rings. The van der Waals surface area contributed by atoms with Gasteiger partial charge in [-0.2, -0.15) is 12.7 Å². The molecule has 5 nitrogen and oxygen atoms in total. The van der Waals surface area contributed by atoms with Gasteiger partial charge in [0.2, 0.25) is 0 Å². The fraction of sp³-hybridized carbons (Fsp3) is 1.00. The quantitative estimate of drug-likeness (QED) is 0.755. The second kappa shape index (κ2) is 6.84. The predicted octanol–water partition coefficient (Wildman–Crippen LogP) is 0.797. The molecule has 0 aromatic carbocycles. The van der Waals surface area contributed by atoms with Crippen molar-refractivity contribution in [2.45, 2.75) is 39.7 Å². The molecule has 0 aromatic heterocycles. The summed E-state index contributed by atoms with van der Waals surface area (Å²) in [6, 6.07) is 0.355. The molecule has 0 aromatic rings. The molecule has 6 heteroatoms. The van der Waals surface area contributed by atoms with Crippen molar-refractivity contribution < 1.29 is 8.42 Å². The number of piperidine rings is 1. The molecule has 0 saturated carbocycles. The van der Waals surface area contributed by atoms with Crippen LogP contribution in [0.3, 0.4) is 0 Å². The number of hydrogen-bond donors (Lipinski definition) is 2. The summed E-state index contributed by atoms with van der Waals surface area (Å²) >= 11 is 0. The summed E-state index contributed by atoms with van der Waals surface area (Å²) in [6.07, 6.45) is 2.04. The summed E-state index contributed by atoms with van der Waals surface area (Å²) in [5.74, 6) is 0.732. The number of hydrogen-bond acceptors (Lipinski definition) is 3. The number of nitrogens with zero attached hydrogens (tertiary/aromatic N) is 1. The van der Waals surface area contributed by atoms with Gasteiger partial charge in [-0.05, 0) is 38.6 Å². The minimum Gasteiger partial charge on any atom is -0.317 e. The molecule has 0 amide bonds. The smallest absolute Gasteiger partial charge is 0.279 e. The van der Waals surface area contributed by atoms with Crippen LogP contribution in [-0.4, -0.2) is 45.4 Å². The normalized spacial score (nSPS) is 24.4. The van der Waals surface area contributed by atoms with E-state index < -0.39 is 10.2 Å². The molecule has 1 fully saturated rings. The fourth-order valence-electron chi connectivity index (χ4n) is 2.20. The summed E-state index contributed by atoms with van der Waals surface area (Å²) in [4.78, 5) is 0. The Bertz CT molecular complexity index is 343. The SMILES string of the molecule is CNC(C)C1CCCN(S(=O)(=O)NCC(C)C)C1. The van der Waals surface area contributed by atoms with E-state index in [1.54, 1.807) is 4.31 Å². The Kier molecular flexibility index (Phi) is 6.04. The third-order valence-corrected chi connectivity index (χ3v) is 5.14. The van der Waals surface area contributed by atoms with Crippen LogP contribution in [0, 0.1) is 11.8 Å². The van der Waals surface area contributed by atoms with Crippen LogP contribution in [0.25, 0.3) is 0 Å². The lowest BCUT2D eigenvalue weighted by Crippen LogP contribution is -2.50. The first-order valence-corrected chi connectivity index (χ1v) is 8.22. The molecule has 108 valence electrons. The number of nitrogens with one attached hydrogen (secondary N) is 2. The fourth-order valence-corrected chi connectivity index (χ4v) is 3.68. The van der Waals surface area contributed by atoms with E-state index in [2.05, 4.69) is 17.0 Å². The minimum absolute atomic E-state index is 0.330. The van der Waals surface area contributed by atoms with Crippen LogP contribution in [0.5, 0.6) is 0 Å². The highest BCUT2D eigenvalue weighted by Crippen LogP contribution is 2.21. The van der Waals surface area contributed by atoms with Crippen LogP contribution in [0.2, 0.25) is 0 Å². The van der Waals surface area contributed by atoms with Crippen molar-refractivity contribution in [3.63, 3.8) is 0 Å². The van der Waals surface area contributed by atoms with E-state index in [0.29, 0.717) is 37.5 Å². The van der Waals surface area contributed by atoms with Crippen molar-refractivity contribution in [3.05, 3.63) is 0 Å². The highest BCUT2D eigenvalue weighted by Gasteiger charge is 2.30. The van der Waals surface area contributed by atoms with Gasteiger partial charge in [-0.1, -0.05) is 13.8 Å². The molecule has 2 N–H and O–H groups in total. The molecule has 1 aliphatic heterocycles. The van der Waals surface area contributed by atoms with E-state index in [1.807, 2.05) is 20.9 Å². The van der Waals surface area contributed by atoms with Gasteiger partial charge in [0.25, 0.3) is 10.2 Å². The number of rotatable bonds is 6. The minimum atomic E-state index is -3.30. The Morgan fingerprint density at radius 3 is 2.56 bits per heavy atom. The maximum atomic E-state index is 12.1. The van der Waals surface area contributed by atoms with Gasteiger partial charge in [0.15, 0.2) is 0 Å². The van der Waals surface area contributed by atoms with E-state index in [1.165, 1.54) is 0 Å². The van der Waals surface area contributed by atoms with Gasteiger partial charge < -0.3 is 5.32 Å². The van der Waals surface area contributed by atoms with Gasteiger partial charge in [-0.3, -0.25) is 0 Å². The first-order chi connectivity index (χ1) is 8.36. The Labute approximate surface area is 112 Å². The van der Waals surface area contributed by atoms with Crippen LogP contribution in [-0.2, 0) is 10.2 Å². The lowest BCUT2D eigenvalue weighted by Gasteiger charge is -2.35. The monoisotopic (exact) mass is 277 g/mol. The van der Waals surface area contributed by atoms with Crippen molar-refractivity contribution in [3.8, 4) is 0 Å². The third-order valence-electron chi connectivity index (χ3n) is 3.60. The van der Waals surface area contributed by atoms with Crippen molar-refractivity contribution in [2.24, 2.45) is 11.8 Å². The van der Waals surface area contributed by atoms with Crippen LogP contribution < -0.4 is 10.0 Å².